The van der Waals surface area contributed by atoms with Crippen molar-refractivity contribution in [1.29, 1.82) is 0 Å². The first-order chi connectivity index (χ1) is 11.2. The first-order valence-corrected chi connectivity index (χ1v) is 8.30. The molecule has 0 atom stereocenters. The second-order valence-electron chi connectivity index (χ2n) is 5.77. The Kier molecular flexibility index (Phi) is 4.87. The van der Waals surface area contributed by atoms with E-state index >= 15 is 0 Å². The van der Waals surface area contributed by atoms with Crippen molar-refractivity contribution >= 4 is 17.5 Å². The zero-order valence-corrected chi connectivity index (χ0v) is 14.0. The van der Waals surface area contributed by atoms with Gasteiger partial charge in [0.05, 0.1) is 7.11 Å². The lowest BCUT2D eigenvalue weighted by Crippen LogP contribution is -2.35. The van der Waals surface area contributed by atoms with Gasteiger partial charge in [0, 0.05) is 29.2 Å². The Morgan fingerprint density at radius 3 is 2.39 bits per heavy atom. The molecule has 1 aliphatic rings. The van der Waals surface area contributed by atoms with Crippen molar-refractivity contribution in [3.8, 4) is 16.9 Å². The van der Waals surface area contributed by atoms with Crippen LogP contribution in [0.5, 0.6) is 5.75 Å². The SMILES string of the molecule is COc1ccc(Cl)cc1-c1ccc(C(=O)N2CCCCC2)cc1. The molecule has 0 aromatic heterocycles. The van der Waals surface area contributed by atoms with E-state index in [0.29, 0.717) is 5.02 Å². The average Bonchev–Trinajstić information content (AvgIpc) is 2.62. The van der Waals surface area contributed by atoms with Crippen molar-refractivity contribution in [2.75, 3.05) is 20.2 Å². The van der Waals surface area contributed by atoms with Crippen molar-refractivity contribution in [3.63, 3.8) is 0 Å². The number of carbonyl (C=O) groups is 1. The molecule has 0 aliphatic carbocycles. The van der Waals surface area contributed by atoms with Crippen LogP contribution in [0.25, 0.3) is 11.1 Å². The quantitative estimate of drug-likeness (QED) is 0.820. The molecule has 1 amide bonds. The zero-order valence-electron chi connectivity index (χ0n) is 13.2. The summed E-state index contributed by atoms with van der Waals surface area (Å²) in [5.74, 6) is 0.888. The van der Waals surface area contributed by atoms with Gasteiger partial charge in [0.25, 0.3) is 5.91 Å². The standard InChI is InChI=1S/C19H20ClNO2/c1-23-18-10-9-16(20)13-17(18)14-5-7-15(8-6-14)19(22)21-11-3-2-4-12-21/h5-10,13H,2-4,11-12H2,1H3. The molecule has 23 heavy (non-hydrogen) atoms. The monoisotopic (exact) mass is 329 g/mol. The molecule has 4 heteroatoms. The number of hydrogen-bond donors (Lipinski definition) is 0. The Morgan fingerprint density at radius 2 is 1.74 bits per heavy atom. The first kappa shape index (κ1) is 15.9. The Morgan fingerprint density at radius 1 is 1.04 bits per heavy atom. The number of ether oxygens (including phenoxy) is 1. The molecule has 0 bridgehead atoms. The van der Waals surface area contributed by atoms with Gasteiger partial charge < -0.3 is 9.64 Å². The molecule has 1 aliphatic heterocycles. The number of amides is 1. The second-order valence-corrected chi connectivity index (χ2v) is 6.21. The number of carbonyl (C=O) groups excluding carboxylic acids is 1. The van der Waals surface area contributed by atoms with Crippen molar-refractivity contribution in [2.24, 2.45) is 0 Å². The van der Waals surface area contributed by atoms with Crippen molar-refractivity contribution in [2.45, 2.75) is 19.3 Å². The Hall–Kier alpha value is -2.00. The maximum absolute atomic E-state index is 12.5. The average molecular weight is 330 g/mol. The van der Waals surface area contributed by atoms with Crippen molar-refractivity contribution < 1.29 is 9.53 Å². The van der Waals surface area contributed by atoms with Crippen LogP contribution in [0.1, 0.15) is 29.6 Å². The summed E-state index contributed by atoms with van der Waals surface area (Å²) in [4.78, 5) is 14.4. The van der Waals surface area contributed by atoms with Gasteiger partial charge in [-0.15, -0.1) is 0 Å². The topological polar surface area (TPSA) is 29.5 Å². The van der Waals surface area contributed by atoms with Crippen LogP contribution in [0.3, 0.4) is 0 Å². The van der Waals surface area contributed by atoms with E-state index in [1.807, 2.05) is 41.3 Å². The van der Waals surface area contributed by atoms with E-state index in [9.17, 15) is 4.79 Å². The third kappa shape index (κ3) is 3.50. The van der Waals surface area contributed by atoms with Crippen LogP contribution in [0.4, 0.5) is 0 Å². The molecule has 3 rings (SSSR count). The third-order valence-electron chi connectivity index (χ3n) is 4.25. The molecule has 1 saturated heterocycles. The summed E-state index contributed by atoms with van der Waals surface area (Å²) in [6.07, 6.45) is 3.42. The highest BCUT2D eigenvalue weighted by molar-refractivity contribution is 6.31. The third-order valence-corrected chi connectivity index (χ3v) is 4.48. The summed E-state index contributed by atoms with van der Waals surface area (Å²) >= 11 is 6.09. The van der Waals surface area contributed by atoms with Crippen LogP contribution in [0, 0.1) is 0 Å². The molecule has 2 aromatic rings. The number of likely N-dealkylation sites (tertiary alicyclic amines) is 1. The molecular weight excluding hydrogens is 310 g/mol. The number of nitrogens with zero attached hydrogens (tertiary/aromatic N) is 1. The molecule has 0 saturated carbocycles. The normalized spacial score (nSPS) is 14.6. The molecule has 0 N–H and O–H groups in total. The highest BCUT2D eigenvalue weighted by atomic mass is 35.5. The van der Waals surface area contributed by atoms with Crippen LogP contribution in [0.15, 0.2) is 42.5 Å². The van der Waals surface area contributed by atoms with Crippen LogP contribution in [-0.2, 0) is 0 Å². The fourth-order valence-electron chi connectivity index (χ4n) is 2.98. The maximum Gasteiger partial charge on any atom is 0.253 e. The maximum atomic E-state index is 12.5. The summed E-state index contributed by atoms with van der Waals surface area (Å²) in [5, 5.41) is 0.661. The molecule has 1 fully saturated rings. The smallest absolute Gasteiger partial charge is 0.253 e. The van der Waals surface area contributed by atoms with Gasteiger partial charge in [-0.05, 0) is 55.2 Å². The summed E-state index contributed by atoms with van der Waals surface area (Å²) in [6.45, 7) is 1.73. The van der Waals surface area contributed by atoms with Gasteiger partial charge in [-0.25, -0.2) is 0 Å². The summed E-state index contributed by atoms with van der Waals surface area (Å²) in [6, 6.07) is 13.2. The lowest BCUT2D eigenvalue weighted by atomic mass is 10.0. The van der Waals surface area contributed by atoms with E-state index < -0.39 is 0 Å². The van der Waals surface area contributed by atoms with Crippen LogP contribution in [0.2, 0.25) is 5.02 Å². The highest BCUT2D eigenvalue weighted by Crippen LogP contribution is 2.32. The minimum Gasteiger partial charge on any atom is -0.496 e. The van der Waals surface area contributed by atoms with Crippen molar-refractivity contribution in [1.82, 2.24) is 4.90 Å². The lowest BCUT2D eigenvalue weighted by Gasteiger charge is -2.26. The van der Waals surface area contributed by atoms with Crippen molar-refractivity contribution in [3.05, 3.63) is 53.1 Å². The van der Waals surface area contributed by atoms with E-state index in [-0.39, 0.29) is 5.91 Å². The van der Waals surface area contributed by atoms with Gasteiger partial charge in [-0.1, -0.05) is 23.7 Å². The molecule has 0 unspecified atom stereocenters. The molecule has 120 valence electrons. The molecule has 2 aromatic carbocycles. The van der Waals surface area contributed by atoms with Crippen LogP contribution in [-0.4, -0.2) is 31.0 Å². The Balaban J connectivity index is 1.84. The zero-order chi connectivity index (χ0) is 16.2. The molecule has 0 radical (unpaired) electrons. The highest BCUT2D eigenvalue weighted by Gasteiger charge is 2.18. The lowest BCUT2D eigenvalue weighted by molar-refractivity contribution is 0.0724. The fraction of sp³-hybridized carbons (Fsp3) is 0.316. The Bertz CT molecular complexity index is 691. The van der Waals surface area contributed by atoms with Gasteiger partial charge in [0.1, 0.15) is 5.75 Å². The van der Waals surface area contributed by atoms with Gasteiger partial charge in [-0.2, -0.15) is 0 Å². The molecule has 3 nitrogen and oxygen atoms in total. The number of rotatable bonds is 3. The molecule has 0 spiro atoms. The van der Waals surface area contributed by atoms with Gasteiger partial charge in [-0.3, -0.25) is 4.79 Å². The summed E-state index contributed by atoms with van der Waals surface area (Å²) in [5.41, 5.74) is 2.65. The predicted octanol–water partition coefficient (Wildman–Crippen LogP) is 4.64. The minimum absolute atomic E-state index is 0.120. The van der Waals surface area contributed by atoms with E-state index in [2.05, 4.69) is 0 Å². The van der Waals surface area contributed by atoms with Crippen LogP contribution < -0.4 is 4.74 Å². The summed E-state index contributed by atoms with van der Waals surface area (Å²) in [7, 11) is 1.64. The van der Waals surface area contributed by atoms with E-state index in [1.165, 1.54) is 6.42 Å². The van der Waals surface area contributed by atoms with E-state index in [4.69, 9.17) is 16.3 Å². The van der Waals surface area contributed by atoms with E-state index in [1.54, 1.807) is 13.2 Å². The number of halogens is 1. The minimum atomic E-state index is 0.120. The molecular formula is C19H20ClNO2. The fourth-order valence-corrected chi connectivity index (χ4v) is 3.15. The van der Waals surface area contributed by atoms with Gasteiger partial charge in [0.15, 0.2) is 0 Å². The predicted molar refractivity (Wildman–Crippen MR) is 93.2 cm³/mol. The number of benzene rings is 2. The first-order valence-electron chi connectivity index (χ1n) is 7.92. The van der Waals surface area contributed by atoms with Gasteiger partial charge >= 0.3 is 0 Å². The second kappa shape index (κ2) is 7.05. The largest absolute Gasteiger partial charge is 0.496 e. The summed E-state index contributed by atoms with van der Waals surface area (Å²) < 4.78 is 5.39. The number of piperidine rings is 1. The molecule has 1 heterocycles. The van der Waals surface area contributed by atoms with Gasteiger partial charge in [0.2, 0.25) is 0 Å². The number of hydrogen-bond acceptors (Lipinski definition) is 2. The Labute approximate surface area is 141 Å². The van der Waals surface area contributed by atoms with E-state index in [0.717, 1.165) is 48.4 Å². The number of methoxy groups -OCH3 is 1. The van der Waals surface area contributed by atoms with Crippen LogP contribution >= 0.6 is 11.6 Å².